The van der Waals surface area contributed by atoms with Crippen molar-refractivity contribution in [2.24, 2.45) is 7.05 Å². The number of sulfonamides is 1. The Balaban J connectivity index is 2.13. The number of hydrogen-bond donors (Lipinski definition) is 1. The van der Waals surface area contributed by atoms with Crippen LogP contribution < -0.4 is 4.72 Å². The zero-order valence-corrected chi connectivity index (χ0v) is 12.2. The van der Waals surface area contributed by atoms with Crippen molar-refractivity contribution in [3.05, 3.63) is 33.9 Å². The van der Waals surface area contributed by atoms with Gasteiger partial charge in [0.25, 0.3) is 0 Å². The van der Waals surface area contributed by atoms with Gasteiger partial charge in [-0.1, -0.05) is 11.6 Å². The molecule has 0 fully saturated rings. The number of halogens is 1. The van der Waals surface area contributed by atoms with Gasteiger partial charge in [0.1, 0.15) is 4.21 Å². The third kappa shape index (κ3) is 2.74. The van der Waals surface area contributed by atoms with Crippen LogP contribution in [0.4, 0.5) is 0 Å². The van der Waals surface area contributed by atoms with E-state index >= 15 is 0 Å². The highest BCUT2D eigenvalue weighted by Crippen LogP contribution is 2.25. The summed E-state index contributed by atoms with van der Waals surface area (Å²) in [5, 5.41) is 4.06. The van der Waals surface area contributed by atoms with E-state index < -0.39 is 10.0 Å². The van der Waals surface area contributed by atoms with Crippen LogP contribution in [-0.2, 0) is 23.6 Å². The molecule has 0 aliphatic carbocycles. The largest absolute Gasteiger partial charge is 0.273 e. The minimum absolute atomic E-state index is 0.217. The van der Waals surface area contributed by atoms with Crippen molar-refractivity contribution in [2.45, 2.75) is 17.7 Å². The first-order valence-corrected chi connectivity index (χ1v) is 7.80. The zero-order valence-electron chi connectivity index (χ0n) is 9.84. The van der Waals surface area contributed by atoms with E-state index in [-0.39, 0.29) is 10.8 Å². The molecule has 8 heteroatoms. The van der Waals surface area contributed by atoms with Crippen molar-refractivity contribution in [3.63, 3.8) is 0 Å². The molecular weight excluding hydrogens is 294 g/mol. The molecule has 0 spiro atoms. The van der Waals surface area contributed by atoms with E-state index in [2.05, 4.69) is 9.82 Å². The molecule has 0 radical (unpaired) electrons. The number of aromatic nitrogens is 2. The zero-order chi connectivity index (χ0) is 13.3. The lowest BCUT2D eigenvalue weighted by Gasteiger charge is -2.04. The van der Waals surface area contributed by atoms with E-state index in [0.29, 0.717) is 4.34 Å². The van der Waals surface area contributed by atoms with Gasteiger partial charge in [-0.25, -0.2) is 13.1 Å². The smallest absolute Gasteiger partial charge is 0.250 e. The lowest BCUT2D eigenvalue weighted by molar-refractivity contribution is 0.583. The molecule has 18 heavy (non-hydrogen) atoms. The van der Waals surface area contributed by atoms with Crippen LogP contribution in [0.2, 0.25) is 4.34 Å². The van der Waals surface area contributed by atoms with Crippen molar-refractivity contribution in [1.82, 2.24) is 14.5 Å². The first kappa shape index (κ1) is 13.5. The summed E-state index contributed by atoms with van der Waals surface area (Å²) in [7, 11) is -1.69. The van der Waals surface area contributed by atoms with Gasteiger partial charge in [0.05, 0.1) is 10.5 Å². The Morgan fingerprint density at radius 2 is 2.22 bits per heavy atom. The van der Waals surface area contributed by atoms with Gasteiger partial charge < -0.3 is 0 Å². The van der Waals surface area contributed by atoms with Gasteiger partial charge in [-0.15, -0.1) is 11.3 Å². The van der Waals surface area contributed by atoms with Crippen molar-refractivity contribution < 1.29 is 8.42 Å². The van der Waals surface area contributed by atoms with Crippen molar-refractivity contribution >= 4 is 33.0 Å². The Kier molecular flexibility index (Phi) is 3.76. The highest BCUT2D eigenvalue weighted by Gasteiger charge is 2.17. The average Bonchev–Trinajstić information content (AvgIpc) is 2.86. The molecule has 0 atom stereocenters. The van der Waals surface area contributed by atoms with Crippen LogP contribution in [-0.4, -0.2) is 18.2 Å². The van der Waals surface area contributed by atoms with Gasteiger partial charge in [-0.3, -0.25) is 4.68 Å². The van der Waals surface area contributed by atoms with Crippen LogP contribution in [0.5, 0.6) is 0 Å². The Hall–Kier alpha value is -0.890. The summed E-state index contributed by atoms with van der Waals surface area (Å²) < 4.78 is 28.8. The predicted octanol–water partition coefficient (Wildman–Crippen LogP) is 1.92. The normalized spacial score (nSPS) is 11.9. The molecule has 0 unspecified atom stereocenters. The molecule has 2 aromatic heterocycles. The van der Waals surface area contributed by atoms with Crippen LogP contribution in [0.1, 0.15) is 11.3 Å². The fraction of sp³-hybridized carbons (Fsp3) is 0.300. The molecular formula is C10H12ClN3O2S2. The summed E-state index contributed by atoms with van der Waals surface area (Å²) in [4.78, 5) is 0. The Bertz CT molecular complexity index is 660. The molecule has 0 aromatic carbocycles. The quantitative estimate of drug-likeness (QED) is 0.938. The Morgan fingerprint density at radius 1 is 1.50 bits per heavy atom. The fourth-order valence-electron chi connectivity index (χ4n) is 1.40. The predicted molar refractivity (Wildman–Crippen MR) is 71.3 cm³/mol. The van der Waals surface area contributed by atoms with Gasteiger partial charge in [-0.2, -0.15) is 5.10 Å². The highest BCUT2D eigenvalue weighted by atomic mass is 35.5. The number of hydrogen-bond acceptors (Lipinski definition) is 4. The van der Waals surface area contributed by atoms with Crippen LogP contribution in [0.3, 0.4) is 0 Å². The Labute approximate surface area is 114 Å². The summed E-state index contributed by atoms with van der Waals surface area (Å²) in [5.74, 6) is 0. The van der Waals surface area contributed by atoms with E-state index in [4.69, 9.17) is 11.6 Å². The van der Waals surface area contributed by atoms with Gasteiger partial charge in [-0.05, 0) is 19.1 Å². The fourth-order valence-corrected chi connectivity index (χ4v) is 3.94. The summed E-state index contributed by atoms with van der Waals surface area (Å²) in [6.45, 7) is 2.11. The molecule has 2 heterocycles. The molecule has 0 aliphatic rings. The van der Waals surface area contributed by atoms with E-state index in [9.17, 15) is 8.42 Å². The number of nitrogens with one attached hydrogen (secondary N) is 1. The molecule has 2 rings (SSSR count). The van der Waals surface area contributed by atoms with E-state index in [1.807, 2.05) is 14.0 Å². The topological polar surface area (TPSA) is 64.0 Å². The molecule has 98 valence electrons. The van der Waals surface area contributed by atoms with Crippen molar-refractivity contribution in [3.8, 4) is 0 Å². The lowest BCUT2D eigenvalue weighted by Crippen LogP contribution is -2.22. The second-order valence-electron chi connectivity index (χ2n) is 3.76. The molecule has 0 bridgehead atoms. The van der Waals surface area contributed by atoms with Crippen LogP contribution in [0, 0.1) is 6.92 Å². The molecule has 0 saturated heterocycles. The summed E-state index contributed by atoms with van der Waals surface area (Å²) in [5.41, 5.74) is 1.78. The summed E-state index contributed by atoms with van der Waals surface area (Å²) >= 11 is 6.76. The third-order valence-corrected chi connectivity index (χ3v) is 5.73. The standard InChI is InChI=1S/C10H12ClN3O2S2/c1-7-8(5-12-14(7)2)6-13-18(15,16)10-4-3-9(11)17-10/h3-5,13H,6H2,1-2H3. The van der Waals surface area contributed by atoms with Crippen LogP contribution in [0.15, 0.2) is 22.5 Å². The Morgan fingerprint density at radius 3 is 2.72 bits per heavy atom. The number of thiophene rings is 1. The monoisotopic (exact) mass is 305 g/mol. The molecule has 2 aromatic rings. The maximum absolute atomic E-state index is 12.0. The molecule has 0 saturated carbocycles. The van der Waals surface area contributed by atoms with E-state index in [1.165, 1.54) is 6.07 Å². The van der Waals surface area contributed by atoms with Gasteiger partial charge >= 0.3 is 0 Å². The van der Waals surface area contributed by atoms with E-state index in [0.717, 1.165) is 22.6 Å². The van der Waals surface area contributed by atoms with Gasteiger partial charge in [0.2, 0.25) is 10.0 Å². The molecule has 0 aliphatic heterocycles. The van der Waals surface area contributed by atoms with Crippen molar-refractivity contribution in [2.75, 3.05) is 0 Å². The highest BCUT2D eigenvalue weighted by molar-refractivity contribution is 7.91. The third-order valence-electron chi connectivity index (χ3n) is 2.60. The summed E-state index contributed by atoms with van der Waals surface area (Å²) in [6.07, 6.45) is 1.65. The lowest BCUT2D eigenvalue weighted by atomic mass is 10.3. The second-order valence-corrected chi connectivity index (χ2v) is 7.47. The maximum atomic E-state index is 12.0. The van der Waals surface area contributed by atoms with Gasteiger partial charge in [0, 0.05) is 24.8 Å². The first-order chi connectivity index (χ1) is 8.40. The minimum atomic E-state index is -3.50. The van der Waals surface area contributed by atoms with E-state index in [1.54, 1.807) is 16.9 Å². The second kappa shape index (κ2) is 5.00. The maximum Gasteiger partial charge on any atom is 0.250 e. The minimum Gasteiger partial charge on any atom is -0.273 e. The molecule has 1 N–H and O–H groups in total. The SMILES string of the molecule is Cc1c(CNS(=O)(=O)c2ccc(Cl)s2)cnn1C. The first-order valence-electron chi connectivity index (χ1n) is 5.12. The van der Waals surface area contributed by atoms with Crippen LogP contribution in [0.25, 0.3) is 0 Å². The average molecular weight is 306 g/mol. The molecule has 5 nitrogen and oxygen atoms in total. The van der Waals surface area contributed by atoms with Crippen molar-refractivity contribution in [1.29, 1.82) is 0 Å². The summed E-state index contributed by atoms with van der Waals surface area (Å²) in [6, 6.07) is 3.06. The van der Waals surface area contributed by atoms with Gasteiger partial charge in [0.15, 0.2) is 0 Å². The number of rotatable bonds is 4. The number of nitrogens with zero attached hydrogens (tertiary/aromatic N) is 2. The number of aryl methyl sites for hydroxylation is 1. The van der Waals surface area contributed by atoms with Crippen LogP contribution >= 0.6 is 22.9 Å². The molecule has 0 amide bonds.